The van der Waals surface area contributed by atoms with Crippen molar-refractivity contribution in [3.8, 4) is 0 Å². The molecule has 7 heteroatoms. The van der Waals surface area contributed by atoms with Crippen LogP contribution < -0.4 is 10.0 Å². The van der Waals surface area contributed by atoms with Gasteiger partial charge in [-0.05, 0) is 12.1 Å². The number of nitrogens with one attached hydrogen (secondary N) is 2. The minimum atomic E-state index is -0.483. The van der Waals surface area contributed by atoms with Crippen molar-refractivity contribution in [2.75, 3.05) is 6.54 Å². The molecule has 0 fully saturated rings. The number of hydrogen-bond donors (Lipinski definition) is 2. The molecule has 2 N–H and O–H groups in total. The van der Waals surface area contributed by atoms with Crippen molar-refractivity contribution in [2.45, 2.75) is 5.03 Å². The van der Waals surface area contributed by atoms with Crippen LogP contribution in [0.2, 0.25) is 0 Å². The number of nitrogens with zero attached hydrogens (tertiary/aromatic N) is 1. The zero-order valence-electron chi connectivity index (χ0n) is 9.27. The third-order valence-corrected chi connectivity index (χ3v) is 2.84. The fraction of sp³-hybridized carbons (Fsp3) is 0.0909. The minimum absolute atomic E-state index is 0.0771. The van der Waals surface area contributed by atoms with Crippen molar-refractivity contribution in [3.05, 3.63) is 36.7 Å². The van der Waals surface area contributed by atoms with Crippen molar-refractivity contribution >= 4 is 28.9 Å². The average molecular weight is 267 g/mol. The van der Waals surface area contributed by atoms with Gasteiger partial charge >= 0.3 is 6.03 Å². The van der Waals surface area contributed by atoms with Crippen LogP contribution in [0.25, 0.3) is 11.0 Å². The molecule has 1 aromatic carbocycles. The standard InChI is InChI=1S/C11H10FN3O2S/c1-2-6-13-11(16)15-18-10-7-4-3-5-8(12)9(7)17-14-10/h2-5H,1,6H2,(H2,13,15,16). The number of halogens is 1. The first kappa shape index (κ1) is 12.4. The molecule has 0 spiro atoms. The van der Waals surface area contributed by atoms with E-state index in [2.05, 4.69) is 21.8 Å². The van der Waals surface area contributed by atoms with Gasteiger partial charge in [0.15, 0.2) is 10.8 Å². The molecule has 1 heterocycles. The Morgan fingerprint density at radius 1 is 1.61 bits per heavy atom. The van der Waals surface area contributed by atoms with Crippen LogP contribution in [0, 0.1) is 5.82 Å². The van der Waals surface area contributed by atoms with E-state index < -0.39 is 5.82 Å². The molecule has 2 amide bonds. The van der Waals surface area contributed by atoms with E-state index in [1.54, 1.807) is 18.2 Å². The molecule has 1 aromatic heterocycles. The lowest BCUT2D eigenvalue weighted by Crippen LogP contribution is -2.31. The highest BCUT2D eigenvalue weighted by atomic mass is 32.2. The minimum Gasteiger partial charge on any atom is -0.352 e. The van der Waals surface area contributed by atoms with Crippen LogP contribution in [0.3, 0.4) is 0 Å². The van der Waals surface area contributed by atoms with Gasteiger partial charge in [0.1, 0.15) is 0 Å². The number of benzene rings is 1. The number of amides is 2. The number of urea groups is 1. The maximum absolute atomic E-state index is 13.3. The summed E-state index contributed by atoms with van der Waals surface area (Å²) in [5.74, 6) is -0.483. The second-order valence-electron chi connectivity index (χ2n) is 3.31. The Kier molecular flexibility index (Phi) is 3.83. The summed E-state index contributed by atoms with van der Waals surface area (Å²) in [6.45, 7) is 3.84. The molecule has 94 valence electrons. The third-order valence-electron chi connectivity index (χ3n) is 2.06. The summed E-state index contributed by atoms with van der Waals surface area (Å²) < 4.78 is 20.7. The molecule has 0 aliphatic rings. The average Bonchev–Trinajstić information content (AvgIpc) is 2.78. The molecule has 0 saturated carbocycles. The van der Waals surface area contributed by atoms with E-state index in [-0.39, 0.29) is 11.6 Å². The van der Waals surface area contributed by atoms with Gasteiger partial charge in [0.2, 0.25) is 5.58 Å². The zero-order valence-corrected chi connectivity index (χ0v) is 10.1. The lowest BCUT2D eigenvalue weighted by atomic mass is 10.3. The van der Waals surface area contributed by atoms with E-state index in [1.807, 2.05) is 0 Å². The molecular formula is C11H10FN3O2S. The molecule has 18 heavy (non-hydrogen) atoms. The molecule has 2 rings (SSSR count). The first-order valence-corrected chi connectivity index (χ1v) is 5.89. The first-order valence-electron chi connectivity index (χ1n) is 5.08. The van der Waals surface area contributed by atoms with Crippen LogP contribution in [0.15, 0.2) is 40.4 Å². The van der Waals surface area contributed by atoms with E-state index in [0.717, 1.165) is 11.9 Å². The summed E-state index contributed by atoms with van der Waals surface area (Å²) in [4.78, 5) is 11.3. The second kappa shape index (κ2) is 5.54. The van der Waals surface area contributed by atoms with Gasteiger partial charge in [0.05, 0.1) is 5.39 Å². The Morgan fingerprint density at radius 2 is 2.44 bits per heavy atom. The van der Waals surface area contributed by atoms with Gasteiger partial charge in [-0.1, -0.05) is 17.3 Å². The van der Waals surface area contributed by atoms with Crippen LogP contribution in [-0.2, 0) is 0 Å². The summed E-state index contributed by atoms with van der Waals surface area (Å²) in [6.07, 6.45) is 1.56. The highest BCUT2D eigenvalue weighted by Gasteiger charge is 2.13. The van der Waals surface area contributed by atoms with Crippen LogP contribution in [-0.4, -0.2) is 17.7 Å². The fourth-order valence-electron chi connectivity index (χ4n) is 1.28. The maximum Gasteiger partial charge on any atom is 0.325 e. The van der Waals surface area contributed by atoms with Gasteiger partial charge in [-0.3, -0.25) is 4.72 Å². The van der Waals surface area contributed by atoms with E-state index in [4.69, 9.17) is 4.52 Å². The maximum atomic E-state index is 13.3. The number of carbonyl (C=O) groups excluding carboxylic acids is 1. The van der Waals surface area contributed by atoms with Crippen molar-refractivity contribution in [3.63, 3.8) is 0 Å². The van der Waals surface area contributed by atoms with E-state index in [0.29, 0.717) is 17.0 Å². The number of carbonyl (C=O) groups is 1. The van der Waals surface area contributed by atoms with Crippen LogP contribution in [0.4, 0.5) is 9.18 Å². The molecular weight excluding hydrogens is 257 g/mol. The van der Waals surface area contributed by atoms with Gasteiger partial charge in [-0.25, -0.2) is 9.18 Å². The van der Waals surface area contributed by atoms with Gasteiger partial charge in [-0.15, -0.1) is 6.58 Å². The van der Waals surface area contributed by atoms with E-state index in [9.17, 15) is 9.18 Å². The summed E-state index contributed by atoms with van der Waals surface area (Å²) in [5, 5.41) is 7.15. The van der Waals surface area contributed by atoms with Gasteiger partial charge in [-0.2, -0.15) is 0 Å². The Balaban J connectivity index is 2.06. The van der Waals surface area contributed by atoms with Crippen molar-refractivity contribution in [2.24, 2.45) is 0 Å². The van der Waals surface area contributed by atoms with Crippen molar-refractivity contribution in [1.82, 2.24) is 15.2 Å². The smallest absolute Gasteiger partial charge is 0.325 e. The summed E-state index contributed by atoms with van der Waals surface area (Å²) in [6, 6.07) is 4.12. The number of fused-ring (bicyclic) bond motifs is 1. The largest absolute Gasteiger partial charge is 0.352 e. The monoisotopic (exact) mass is 267 g/mol. The zero-order chi connectivity index (χ0) is 13.0. The molecule has 0 aliphatic carbocycles. The Hall–Kier alpha value is -2.02. The fourth-order valence-corrected chi connectivity index (χ4v) is 1.88. The van der Waals surface area contributed by atoms with Gasteiger partial charge in [0, 0.05) is 18.5 Å². The van der Waals surface area contributed by atoms with Crippen LogP contribution in [0.5, 0.6) is 0 Å². The Labute approximate surface area is 107 Å². The highest BCUT2D eigenvalue weighted by molar-refractivity contribution is 7.98. The van der Waals surface area contributed by atoms with Gasteiger partial charge in [0.25, 0.3) is 0 Å². The Bertz CT molecular complexity index is 585. The number of para-hydroxylation sites is 1. The quantitative estimate of drug-likeness (QED) is 0.659. The lowest BCUT2D eigenvalue weighted by Gasteiger charge is -2.02. The Morgan fingerprint density at radius 3 is 3.22 bits per heavy atom. The summed E-state index contributed by atoms with van der Waals surface area (Å²) in [7, 11) is 0. The number of rotatable bonds is 4. The molecule has 2 aromatic rings. The van der Waals surface area contributed by atoms with Crippen molar-refractivity contribution < 1.29 is 13.7 Å². The van der Waals surface area contributed by atoms with Crippen LogP contribution >= 0.6 is 11.9 Å². The van der Waals surface area contributed by atoms with E-state index >= 15 is 0 Å². The molecule has 0 unspecified atom stereocenters. The molecule has 0 aliphatic heterocycles. The summed E-state index contributed by atoms with van der Waals surface area (Å²) >= 11 is 0.956. The number of aromatic nitrogens is 1. The third kappa shape index (κ3) is 2.62. The molecule has 0 saturated heterocycles. The molecule has 0 atom stereocenters. The van der Waals surface area contributed by atoms with E-state index in [1.165, 1.54) is 6.07 Å². The molecule has 0 bridgehead atoms. The molecule has 5 nitrogen and oxygen atoms in total. The van der Waals surface area contributed by atoms with Gasteiger partial charge < -0.3 is 9.84 Å². The summed E-state index contributed by atoms with van der Waals surface area (Å²) in [5.41, 5.74) is 0.0771. The number of hydrogen-bond acceptors (Lipinski definition) is 4. The SMILES string of the molecule is C=CCNC(=O)NSc1noc2c(F)cccc12. The highest BCUT2D eigenvalue weighted by Crippen LogP contribution is 2.26. The second-order valence-corrected chi connectivity index (χ2v) is 4.10. The lowest BCUT2D eigenvalue weighted by molar-refractivity contribution is 0.247. The van der Waals surface area contributed by atoms with Crippen molar-refractivity contribution in [1.29, 1.82) is 0 Å². The topological polar surface area (TPSA) is 67.2 Å². The predicted octanol–water partition coefficient (Wildman–Crippen LogP) is 2.46. The normalized spacial score (nSPS) is 10.3. The first-order chi connectivity index (χ1) is 8.72. The van der Waals surface area contributed by atoms with Crippen LogP contribution in [0.1, 0.15) is 0 Å². The molecule has 0 radical (unpaired) electrons. The predicted molar refractivity (Wildman–Crippen MR) is 66.6 cm³/mol.